The molecule has 0 atom stereocenters. The molecule has 0 aliphatic carbocycles. The molecule has 2 heterocycles. The predicted octanol–water partition coefficient (Wildman–Crippen LogP) is 6.84. The minimum atomic E-state index is -0.498. The molecule has 0 saturated heterocycles. The van der Waals surface area contributed by atoms with Crippen LogP contribution in [0.25, 0.3) is 11.3 Å². The normalized spacial score (nSPS) is 11.9. The van der Waals surface area contributed by atoms with E-state index >= 15 is 0 Å². The quantitative estimate of drug-likeness (QED) is 0.297. The Kier molecular flexibility index (Phi) is 6.58. The maximum absolute atomic E-state index is 13.9. The fourth-order valence-corrected chi connectivity index (χ4v) is 4.61. The van der Waals surface area contributed by atoms with Gasteiger partial charge in [0.2, 0.25) is 0 Å². The molecule has 154 valence electrons. The van der Waals surface area contributed by atoms with Gasteiger partial charge in [-0.15, -0.1) is 11.3 Å². The Morgan fingerprint density at radius 2 is 1.90 bits per heavy atom. The van der Waals surface area contributed by atoms with Crippen molar-refractivity contribution in [1.82, 2.24) is 14.1 Å². The third-order valence-corrected chi connectivity index (χ3v) is 6.21. The molecule has 0 bridgehead atoms. The van der Waals surface area contributed by atoms with Crippen LogP contribution in [0.5, 0.6) is 0 Å². The van der Waals surface area contributed by atoms with E-state index in [-0.39, 0.29) is 5.02 Å². The zero-order chi connectivity index (χ0) is 21.1. The van der Waals surface area contributed by atoms with Gasteiger partial charge in [0.1, 0.15) is 5.82 Å². The van der Waals surface area contributed by atoms with Crippen LogP contribution >= 0.6 is 46.1 Å². The first-order chi connectivity index (χ1) is 14.5. The van der Waals surface area contributed by atoms with Crippen LogP contribution in [0.4, 0.5) is 10.1 Å². The van der Waals surface area contributed by atoms with Crippen molar-refractivity contribution < 1.29 is 4.39 Å². The number of aromatic nitrogens is 3. The second-order valence-corrected chi connectivity index (χ2v) is 8.63. The molecular weight excluding hydrogens is 466 g/mol. The Bertz CT molecular complexity index is 1230. The molecule has 4 aromatic rings. The Balaban J connectivity index is 1.74. The topological polar surface area (TPSA) is 35.1 Å². The Morgan fingerprint density at radius 3 is 2.63 bits per heavy atom. The van der Waals surface area contributed by atoms with Crippen molar-refractivity contribution in [2.24, 2.45) is 4.99 Å². The highest BCUT2D eigenvalue weighted by atomic mass is 35.5. The number of nitrogens with zero attached hydrogens (tertiary/aromatic N) is 4. The number of halogens is 4. The van der Waals surface area contributed by atoms with Gasteiger partial charge in [0.25, 0.3) is 0 Å². The van der Waals surface area contributed by atoms with E-state index in [1.165, 1.54) is 23.5 Å². The van der Waals surface area contributed by atoms with Crippen molar-refractivity contribution in [3.8, 4) is 11.3 Å². The lowest BCUT2D eigenvalue weighted by atomic mass is 10.1. The van der Waals surface area contributed by atoms with E-state index in [9.17, 15) is 4.39 Å². The van der Waals surface area contributed by atoms with Gasteiger partial charge >= 0.3 is 0 Å². The number of benzene rings is 2. The number of aryl methyl sites for hydroxylation is 1. The molecule has 0 N–H and O–H groups in total. The van der Waals surface area contributed by atoms with E-state index in [2.05, 4.69) is 14.5 Å². The molecule has 0 unspecified atom stereocenters. The monoisotopic (exact) mass is 480 g/mol. The van der Waals surface area contributed by atoms with Gasteiger partial charge in [-0.05, 0) is 36.8 Å². The first kappa shape index (κ1) is 21.1. The van der Waals surface area contributed by atoms with Crippen molar-refractivity contribution in [3.63, 3.8) is 0 Å². The van der Waals surface area contributed by atoms with Crippen LogP contribution in [0.15, 0.2) is 65.5 Å². The van der Waals surface area contributed by atoms with Gasteiger partial charge in [-0.3, -0.25) is 0 Å². The lowest BCUT2D eigenvalue weighted by molar-refractivity contribution is 0.559. The van der Waals surface area contributed by atoms with Gasteiger partial charge in [0, 0.05) is 47.5 Å². The summed E-state index contributed by atoms with van der Waals surface area (Å²) in [6.07, 6.45) is 6.33. The molecule has 9 heteroatoms. The summed E-state index contributed by atoms with van der Waals surface area (Å²) in [6.45, 7) is 1.51. The minimum Gasteiger partial charge on any atom is -0.337 e. The van der Waals surface area contributed by atoms with Gasteiger partial charge in [-0.1, -0.05) is 34.8 Å². The summed E-state index contributed by atoms with van der Waals surface area (Å²) in [5.41, 5.74) is 2.29. The smallest absolute Gasteiger partial charge is 0.190 e. The molecule has 2 aromatic heterocycles. The molecule has 0 aliphatic rings. The van der Waals surface area contributed by atoms with E-state index in [0.29, 0.717) is 22.3 Å². The maximum atomic E-state index is 13.9. The summed E-state index contributed by atoms with van der Waals surface area (Å²) < 4.78 is 18.0. The van der Waals surface area contributed by atoms with Crippen LogP contribution in [-0.2, 0) is 13.1 Å². The third-order valence-electron chi connectivity index (χ3n) is 4.49. The lowest BCUT2D eigenvalue weighted by Crippen LogP contribution is -2.17. The Hall–Kier alpha value is -2.12. The number of imidazole rings is 1. The zero-order valence-electron chi connectivity index (χ0n) is 15.6. The fraction of sp³-hybridized carbons (Fsp3) is 0.143. The maximum Gasteiger partial charge on any atom is 0.190 e. The van der Waals surface area contributed by atoms with Crippen molar-refractivity contribution >= 4 is 51.8 Å². The van der Waals surface area contributed by atoms with Crippen molar-refractivity contribution in [2.45, 2.75) is 19.5 Å². The van der Waals surface area contributed by atoms with Crippen molar-refractivity contribution in [3.05, 3.63) is 86.2 Å². The summed E-state index contributed by atoms with van der Waals surface area (Å²) in [5, 5.41) is 3.21. The van der Waals surface area contributed by atoms with Gasteiger partial charge < -0.3 is 9.13 Å². The molecule has 0 spiro atoms. The Labute approximate surface area is 191 Å². The standard InChI is InChI=1S/C21H16Cl3FN4S/c22-14-2-4-16(18(24)10-14)20-12-30-21(27-15-3-5-17(23)19(25)11-15)29(20)8-1-7-28-9-6-26-13-28/h2-6,9-13H,1,7-8H2. The van der Waals surface area contributed by atoms with Crippen LogP contribution < -0.4 is 4.80 Å². The van der Waals surface area contributed by atoms with E-state index in [1.807, 2.05) is 28.3 Å². The summed E-state index contributed by atoms with van der Waals surface area (Å²) >= 11 is 19.8. The molecular formula is C21H16Cl3FN4S. The van der Waals surface area contributed by atoms with Crippen molar-refractivity contribution in [1.29, 1.82) is 0 Å². The summed E-state index contributed by atoms with van der Waals surface area (Å²) in [6, 6.07) is 9.94. The minimum absolute atomic E-state index is 0.0713. The molecule has 30 heavy (non-hydrogen) atoms. The average molecular weight is 482 g/mol. The van der Waals surface area contributed by atoms with E-state index in [1.54, 1.807) is 24.7 Å². The molecule has 4 rings (SSSR count). The highest BCUT2D eigenvalue weighted by Gasteiger charge is 2.12. The second kappa shape index (κ2) is 9.35. The zero-order valence-corrected chi connectivity index (χ0v) is 18.7. The van der Waals surface area contributed by atoms with Gasteiger partial charge in [-0.2, -0.15) is 0 Å². The van der Waals surface area contributed by atoms with E-state index in [0.717, 1.165) is 29.0 Å². The third kappa shape index (κ3) is 4.78. The van der Waals surface area contributed by atoms with Crippen LogP contribution in [0, 0.1) is 5.82 Å². The van der Waals surface area contributed by atoms with Crippen LogP contribution in [0.1, 0.15) is 6.42 Å². The molecule has 0 amide bonds. The number of rotatable bonds is 6. The highest BCUT2D eigenvalue weighted by molar-refractivity contribution is 7.07. The molecule has 0 radical (unpaired) electrons. The molecule has 0 aliphatic heterocycles. The van der Waals surface area contributed by atoms with Gasteiger partial charge in [0.15, 0.2) is 4.80 Å². The van der Waals surface area contributed by atoms with Crippen molar-refractivity contribution in [2.75, 3.05) is 0 Å². The predicted molar refractivity (Wildman–Crippen MR) is 121 cm³/mol. The lowest BCUT2D eigenvalue weighted by Gasteiger charge is -2.11. The van der Waals surface area contributed by atoms with Gasteiger partial charge in [0.05, 0.1) is 27.8 Å². The number of thiazole rings is 1. The average Bonchev–Trinajstić information content (AvgIpc) is 3.36. The molecule has 0 fully saturated rings. The van der Waals surface area contributed by atoms with E-state index in [4.69, 9.17) is 34.8 Å². The molecule has 2 aromatic carbocycles. The second-order valence-electron chi connectivity index (χ2n) is 6.54. The number of hydrogen-bond acceptors (Lipinski definition) is 3. The Morgan fingerprint density at radius 1 is 1.03 bits per heavy atom. The van der Waals surface area contributed by atoms with Crippen LogP contribution in [0.2, 0.25) is 15.1 Å². The summed E-state index contributed by atoms with van der Waals surface area (Å²) in [5.74, 6) is -0.498. The summed E-state index contributed by atoms with van der Waals surface area (Å²) in [7, 11) is 0. The fourth-order valence-electron chi connectivity index (χ4n) is 3.04. The SMILES string of the molecule is Fc1cc(N=c2scc(-c3ccc(Cl)cc3Cl)n2CCCn2ccnc2)ccc1Cl. The molecule has 4 nitrogen and oxygen atoms in total. The van der Waals surface area contributed by atoms with E-state index < -0.39 is 5.82 Å². The largest absolute Gasteiger partial charge is 0.337 e. The van der Waals surface area contributed by atoms with Crippen LogP contribution in [-0.4, -0.2) is 14.1 Å². The van der Waals surface area contributed by atoms with Crippen LogP contribution in [0.3, 0.4) is 0 Å². The van der Waals surface area contributed by atoms with Gasteiger partial charge in [-0.25, -0.2) is 14.4 Å². The number of hydrogen-bond donors (Lipinski definition) is 0. The first-order valence-corrected chi connectivity index (χ1v) is 11.1. The highest BCUT2D eigenvalue weighted by Crippen LogP contribution is 2.31. The molecule has 0 saturated carbocycles. The summed E-state index contributed by atoms with van der Waals surface area (Å²) in [4.78, 5) is 9.46. The first-order valence-electron chi connectivity index (χ1n) is 9.10.